The lowest BCUT2D eigenvalue weighted by Gasteiger charge is -1.96. The average molecular weight is 241 g/mol. The van der Waals surface area contributed by atoms with Crippen molar-refractivity contribution in [2.45, 2.75) is 6.92 Å². The molecule has 84 valence electrons. The van der Waals surface area contributed by atoms with Crippen LogP contribution >= 0.6 is 11.3 Å². The van der Waals surface area contributed by atoms with Crippen LogP contribution in [0.2, 0.25) is 0 Å². The molecule has 0 fully saturated rings. The summed E-state index contributed by atoms with van der Waals surface area (Å²) in [6.45, 7) is 2.07. The van der Waals surface area contributed by atoms with Crippen molar-refractivity contribution in [2.75, 3.05) is 0 Å². The molecule has 3 aromatic rings. The Bertz CT molecular complexity index is 688. The minimum Gasteiger partial charge on any atom is -0.508 e. The monoisotopic (exact) mass is 241 g/mol. The van der Waals surface area contributed by atoms with E-state index in [1.54, 1.807) is 23.5 Å². The van der Waals surface area contributed by atoms with Gasteiger partial charge in [-0.1, -0.05) is 23.8 Å². The minimum absolute atomic E-state index is 0.289. The van der Waals surface area contributed by atoms with E-state index in [1.807, 2.05) is 12.1 Å². The molecule has 3 rings (SSSR count). The first-order valence-electron chi connectivity index (χ1n) is 5.39. The van der Waals surface area contributed by atoms with E-state index in [9.17, 15) is 5.11 Å². The van der Waals surface area contributed by atoms with Crippen LogP contribution in [0.15, 0.2) is 42.5 Å². The Kier molecular flexibility index (Phi) is 2.34. The number of benzene rings is 2. The number of phenolic OH excluding ortho intramolecular Hbond substituents is 1. The third kappa shape index (κ3) is 1.89. The van der Waals surface area contributed by atoms with E-state index in [4.69, 9.17) is 0 Å². The molecule has 0 unspecified atom stereocenters. The number of hydrogen-bond acceptors (Lipinski definition) is 3. The molecule has 1 N–H and O–H groups in total. The lowest BCUT2D eigenvalue weighted by molar-refractivity contribution is 0.476. The van der Waals surface area contributed by atoms with Crippen molar-refractivity contribution < 1.29 is 5.11 Å². The van der Waals surface area contributed by atoms with Gasteiger partial charge in [-0.3, -0.25) is 0 Å². The van der Waals surface area contributed by atoms with E-state index in [-0.39, 0.29) is 5.75 Å². The summed E-state index contributed by atoms with van der Waals surface area (Å²) in [4.78, 5) is 4.57. The fourth-order valence-electron chi connectivity index (χ4n) is 1.81. The van der Waals surface area contributed by atoms with Gasteiger partial charge in [0.05, 0.1) is 10.2 Å². The Labute approximate surface area is 103 Å². The number of nitrogens with zero attached hydrogens (tertiary/aromatic N) is 1. The quantitative estimate of drug-likeness (QED) is 0.699. The van der Waals surface area contributed by atoms with E-state index in [0.29, 0.717) is 0 Å². The molecule has 0 saturated heterocycles. The summed E-state index contributed by atoms with van der Waals surface area (Å²) in [5.74, 6) is 0.289. The summed E-state index contributed by atoms with van der Waals surface area (Å²) in [6, 6.07) is 13.6. The number of aromatic hydroxyl groups is 1. The van der Waals surface area contributed by atoms with Crippen LogP contribution in [0, 0.1) is 6.92 Å². The number of thiazole rings is 1. The van der Waals surface area contributed by atoms with Gasteiger partial charge >= 0.3 is 0 Å². The van der Waals surface area contributed by atoms with E-state index >= 15 is 0 Å². The highest BCUT2D eigenvalue weighted by Gasteiger charge is 2.06. The predicted molar refractivity (Wildman–Crippen MR) is 71.5 cm³/mol. The molecule has 0 aliphatic heterocycles. The van der Waals surface area contributed by atoms with Crippen LogP contribution in [0.1, 0.15) is 5.56 Å². The molecule has 0 atom stereocenters. The topological polar surface area (TPSA) is 33.1 Å². The first kappa shape index (κ1) is 10.3. The number of aromatic nitrogens is 1. The van der Waals surface area contributed by atoms with Gasteiger partial charge in [0, 0.05) is 5.56 Å². The fourth-order valence-corrected chi connectivity index (χ4v) is 2.81. The van der Waals surface area contributed by atoms with Gasteiger partial charge in [0.15, 0.2) is 0 Å². The van der Waals surface area contributed by atoms with Crippen molar-refractivity contribution in [2.24, 2.45) is 0 Å². The van der Waals surface area contributed by atoms with Crippen LogP contribution in [-0.4, -0.2) is 10.1 Å². The Morgan fingerprint density at radius 2 is 2.00 bits per heavy atom. The summed E-state index contributed by atoms with van der Waals surface area (Å²) < 4.78 is 1.02. The van der Waals surface area contributed by atoms with Crippen LogP contribution in [-0.2, 0) is 0 Å². The molecule has 0 saturated carbocycles. The lowest BCUT2D eigenvalue weighted by Crippen LogP contribution is -1.77. The van der Waals surface area contributed by atoms with Crippen molar-refractivity contribution in [1.29, 1.82) is 0 Å². The molecular formula is C14H11NOS. The van der Waals surface area contributed by atoms with Crippen LogP contribution in [0.3, 0.4) is 0 Å². The van der Waals surface area contributed by atoms with Gasteiger partial charge in [-0.25, -0.2) is 4.98 Å². The van der Waals surface area contributed by atoms with E-state index < -0.39 is 0 Å². The molecule has 0 radical (unpaired) electrons. The standard InChI is InChI=1S/C14H11NOS/c1-9-3-2-4-10(7-9)14-15-12-6-5-11(16)8-13(12)17-14/h2-8,16H,1H3. The highest BCUT2D eigenvalue weighted by atomic mass is 32.1. The maximum absolute atomic E-state index is 9.43. The summed E-state index contributed by atoms with van der Waals surface area (Å²) >= 11 is 1.60. The molecule has 0 bridgehead atoms. The Hall–Kier alpha value is -1.87. The molecule has 2 aromatic carbocycles. The highest BCUT2D eigenvalue weighted by Crippen LogP contribution is 2.32. The number of hydrogen-bond donors (Lipinski definition) is 1. The molecule has 2 nitrogen and oxygen atoms in total. The normalized spacial score (nSPS) is 10.9. The Morgan fingerprint density at radius 3 is 2.82 bits per heavy atom. The Balaban J connectivity index is 2.18. The maximum atomic E-state index is 9.43. The Morgan fingerprint density at radius 1 is 1.12 bits per heavy atom. The maximum Gasteiger partial charge on any atom is 0.124 e. The van der Waals surface area contributed by atoms with Crippen molar-refractivity contribution in [3.8, 4) is 16.3 Å². The molecule has 17 heavy (non-hydrogen) atoms. The second kappa shape index (κ2) is 3.86. The van der Waals surface area contributed by atoms with Gasteiger partial charge in [-0.05, 0) is 31.2 Å². The van der Waals surface area contributed by atoms with E-state index in [0.717, 1.165) is 20.8 Å². The average Bonchev–Trinajstić information content (AvgIpc) is 2.72. The van der Waals surface area contributed by atoms with Crippen LogP contribution in [0.5, 0.6) is 5.75 Å². The van der Waals surface area contributed by atoms with Gasteiger partial charge in [-0.2, -0.15) is 0 Å². The second-order valence-electron chi connectivity index (χ2n) is 4.04. The molecule has 1 aromatic heterocycles. The van der Waals surface area contributed by atoms with E-state index in [1.165, 1.54) is 5.56 Å². The van der Waals surface area contributed by atoms with Crippen LogP contribution in [0.4, 0.5) is 0 Å². The third-order valence-corrected chi connectivity index (χ3v) is 3.70. The molecule has 0 amide bonds. The zero-order valence-electron chi connectivity index (χ0n) is 9.34. The summed E-state index contributed by atoms with van der Waals surface area (Å²) in [5.41, 5.74) is 3.29. The number of rotatable bonds is 1. The first-order valence-corrected chi connectivity index (χ1v) is 6.20. The summed E-state index contributed by atoms with van der Waals surface area (Å²) in [6.07, 6.45) is 0. The summed E-state index contributed by atoms with van der Waals surface area (Å²) in [7, 11) is 0. The zero-order chi connectivity index (χ0) is 11.8. The number of aryl methyl sites for hydroxylation is 1. The molecule has 0 aliphatic carbocycles. The van der Waals surface area contributed by atoms with Crippen LogP contribution < -0.4 is 0 Å². The SMILES string of the molecule is Cc1cccc(-c2nc3ccc(O)cc3s2)c1. The molecular weight excluding hydrogens is 230 g/mol. The van der Waals surface area contributed by atoms with Crippen LogP contribution in [0.25, 0.3) is 20.8 Å². The largest absolute Gasteiger partial charge is 0.508 e. The number of phenols is 1. The van der Waals surface area contributed by atoms with Gasteiger partial charge in [-0.15, -0.1) is 11.3 Å². The molecule has 1 heterocycles. The number of fused-ring (bicyclic) bond motifs is 1. The van der Waals surface area contributed by atoms with Crippen molar-refractivity contribution in [1.82, 2.24) is 4.98 Å². The predicted octanol–water partition coefficient (Wildman–Crippen LogP) is 3.98. The van der Waals surface area contributed by atoms with Gasteiger partial charge < -0.3 is 5.11 Å². The molecule has 0 spiro atoms. The van der Waals surface area contributed by atoms with Crippen molar-refractivity contribution in [3.63, 3.8) is 0 Å². The van der Waals surface area contributed by atoms with E-state index in [2.05, 4.69) is 30.1 Å². The fraction of sp³-hybridized carbons (Fsp3) is 0.0714. The van der Waals surface area contributed by atoms with Crippen molar-refractivity contribution in [3.05, 3.63) is 48.0 Å². The highest BCUT2D eigenvalue weighted by molar-refractivity contribution is 7.21. The third-order valence-electron chi connectivity index (χ3n) is 2.64. The zero-order valence-corrected chi connectivity index (χ0v) is 10.2. The van der Waals surface area contributed by atoms with Crippen molar-refractivity contribution >= 4 is 21.6 Å². The van der Waals surface area contributed by atoms with Gasteiger partial charge in [0.25, 0.3) is 0 Å². The molecule has 3 heteroatoms. The smallest absolute Gasteiger partial charge is 0.124 e. The molecule has 0 aliphatic rings. The summed E-state index contributed by atoms with van der Waals surface area (Å²) in [5, 5.41) is 10.4. The van der Waals surface area contributed by atoms with Gasteiger partial charge in [0.2, 0.25) is 0 Å². The van der Waals surface area contributed by atoms with Gasteiger partial charge in [0.1, 0.15) is 10.8 Å². The minimum atomic E-state index is 0.289. The second-order valence-corrected chi connectivity index (χ2v) is 5.07. The lowest BCUT2D eigenvalue weighted by atomic mass is 10.1. The first-order chi connectivity index (χ1) is 8.22.